The number of nitrogens with zero attached hydrogens (tertiary/aromatic N) is 2. The Balaban J connectivity index is 1.37. The molecule has 2 heterocycles. The molecule has 0 amide bonds. The van der Waals surface area contributed by atoms with E-state index in [4.69, 9.17) is 19.2 Å². The molecule has 1 aliphatic rings. The highest BCUT2D eigenvalue weighted by Gasteiger charge is 2.15. The van der Waals surface area contributed by atoms with E-state index in [1.807, 2.05) is 36.4 Å². The van der Waals surface area contributed by atoms with Gasteiger partial charge in [-0.2, -0.15) is 0 Å². The third-order valence-corrected chi connectivity index (χ3v) is 4.90. The number of aliphatic hydroxyl groups is 1. The van der Waals surface area contributed by atoms with Gasteiger partial charge in [0.15, 0.2) is 11.5 Å². The molecule has 1 atom stereocenters. The van der Waals surface area contributed by atoms with Gasteiger partial charge in [0.05, 0.1) is 36.9 Å². The predicted molar refractivity (Wildman–Crippen MR) is 107 cm³/mol. The maximum Gasteiger partial charge on any atom is 0.231 e. The molecule has 1 N–H and O–H groups in total. The molecular formula is C22H26N2O4. The molecule has 0 saturated heterocycles. The average Bonchev–Trinajstić information content (AvgIpc) is 3.31. The van der Waals surface area contributed by atoms with E-state index in [0.29, 0.717) is 13.2 Å². The molecule has 1 aliphatic heterocycles. The molecule has 0 spiro atoms. The molecule has 6 nitrogen and oxygen atoms in total. The molecule has 28 heavy (non-hydrogen) atoms. The number of imidazole rings is 1. The zero-order valence-corrected chi connectivity index (χ0v) is 16.1. The van der Waals surface area contributed by atoms with E-state index in [-0.39, 0.29) is 13.4 Å². The number of rotatable bonds is 9. The van der Waals surface area contributed by atoms with Crippen molar-refractivity contribution in [2.45, 2.75) is 45.4 Å². The number of ether oxygens (including phenoxy) is 3. The molecule has 0 unspecified atom stereocenters. The van der Waals surface area contributed by atoms with Crippen molar-refractivity contribution in [2.75, 3.05) is 13.4 Å². The summed E-state index contributed by atoms with van der Waals surface area (Å²) in [5.41, 5.74) is 3.03. The maximum absolute atomic E-state index is 10.5. The number of unbranched alkanes of at least 4 members (excludes halogenated alkanes) is 1. The monoisotopic (exact) mass is 382 g/mol. The molecule has 1 aromatic heterocycles. The van der Waals surface area contributed by atoms with Crippen molar-refractivity contribution in [3.05, 3.63) is 53.9 Å². The molecular weight excluding hydrogens is 356 g/mol. The lowest BCUT2D eigenvalue weighted by Crippen LogP contribution is -2.23. The lowest BCUT2D eigenvalue weighted by molar-refractivity contribution is 0.0205. The van der Waals surface area contributed by atoms with E-state index >= 15 is 0 Å². The van der Waals surface area contributed by atoms with Gasteiger partial charge in [0.1, 0.15) is 5.82 Å². The Morgan fingerprint density at radius 1 is 1.18 bits per heavy atom. The largest absolute Gasteiger partial charge is 0.454 e. The van der Waals surface area contributed by atoms with Crippen LogP contribution in [0.3, 0.4) is 0 Å². The third kappa shape index (κ3) is 4.13. The van der Waals surface area contributed by atoms with Crippen molar-refractivity contribution in [2.24, 2.45) is 0 Å². The zero-order chi connectivity index (χ0) is 19.3. The number of aromatic nitrogens is 2. The lowest BCUT2D eigenvalue weighted by atomic mass is 10.2. The van der Waals surface area contributed by atoms with Crippen LogP contribution in [0, 0.1) is 0 Å². The number of para-hydroxylation sites is 2. The van der Waals surface area contributed by atoms with Crippen LogP contribution in [0.5, 0.6) is 11.5 Å². The van der Waals surface area contributed by atoms with Crippen molar-refractivity contribution in [3.63, 3.8) is 0 Å². The minimum absolute atomic E-state index is 0.258. The van der Waals surface area contributed by atoms with Crippen molar-refractivity contribution < 1.29 is 19.3 Å². The summed E-state index contributed by atoms with van der Waals surface area (Å²) in [6, 6.07) is 13.8. The predicted octanol–water partition coefficient (Wildman–Crippen LogP) is 3.69. The van der Waals surface area contributed by atoms with Crippen LogP contribution >= 0.6 is 0 Å². The van der Waals surface area contributed by atoms with Crippen LogP contribution in [0.1, 0.15) is 31.2 Å². The van der Waals surface area contributed by atoms with Crippen LogP contribution in [0.4, 0.5) is 0 Å². The summed E-state index contributed by atoms with van der Waals surface area (Å²) in [7, 11) is 0. The van der Waals surface area contributed by atoms with Gasteiger partial charge in [-0.3, -0.25) is 0 Å². The highest BCUT2D eigenvalue weighted by atomic mass is 16.7. The van der Waals surface area contributed by atoms with E-state index < -0.39 is 6.10 Å². The van der Waals surface area contributed by atoms with E-state index in [9.17, 15) is 5.11 Å². The van der Waals surface area contributed by atoms with Crippen LogP contribution in [-0.2, 0) is 24.3 Å². The first kappa shape index (κ1) is 18.8. The van der Waals surface area contributed by atoms with Crippen molar-refractivity contribution in [3.8, 4) is 11.5 Å². The quantitative estimate of drug-likeness (QED) is 0.611. The molecule has 4 rings (SSSR count). The molecule has 0 bridgehead atoms. The smallest absolute Gasteiger partial charge is 0.231 e. The minimum atomic E-state index is -0.605. The van der Waals surface area contributed by atoms with Crippen LogP contribution in [-0.4, -0.2) is 34.2 Å². The number of aliphatic hydroxyl groups excluding tert-OH is 1. The summed E-state index contributed by atoms with van der Waals surface area (Å²) in [4.78, 5) is 4.75. The van der Waals surface area contributed by atoms with Gasteiger partial charge in [-0.1, -0.05) is 31.5 Å². The average molecular weight is 382 g/mol. The molecule has 0 aliphatic carbocycles. The van der Waals surface area contributed by atoms with Crippen LogP contribution in [0.15, 0.2) is 42.5 Å². The van der Waals surface area contributed by atoms with Gasteiger partial charge in [0.25, 0.3) is 0 Å². The fourth-order valence-corrected chi connectivity index (χ4v) is 3.46. The van der Waals surface area contributed by atoms with E-state index in [1.54, 1.807) is 0 Å². The third-order valence-electron chi connectivity index (χ3n) is 4.90. The molecule has 0 saturated carbocycles. The Morgan fingerprint density at radius 2 is 2.04 bits per heavy atom. The molecule has 2 aromatic carbocycles. The summed E-state index contributed by atoms with van der Waals surface area (Å²) in [5.74, 6) is 2.53. The maximum atomic E-state index is 10.5. The number of benzene rings is 2. The highest BCUT2D eigenvalue weighted by Crippen LogP contribution is 2.32. The normalized spacial score (nSPS) is 13.9. The second-order valence-corrected chi connectivity index (χ2v) is 7.09. The Morgan fingerprint density at radius 3 is 2.93 bits per heavy atom. The van der Waals surface area contributed by atoms with Crippen molar-refractivity contribution in [1.82, 2.24) is 9.55 Å². The highest BCUT2D eigenvalue weighted by molar-refractivity contribution is 5.75. The van der Waals surface area contributed by atoms with Gasteiger partial charge in [-0.05, 0) is 36.2 Å². The second-order valence-electron chi connectivity index (χ2n) is 7.09. The van der Waals surface area contributed by atoms with Crippen molar-refractivity contribution in [1.29, 1.82) is 0 Å². The summed E-state index contributed by atoms with van der Waals surface area (Å²) in [5, 5.41) is 10.5. The van der Waals surface area contributed by atoms with Gasteiger partial charge >= 0.3 is 0 Å². The van der Waals surface area contributed by atoms with Gasteiger partial charge in [0, 0.05) is 6.42 Å². The zero-order valence-electron chi connectivity index (χ0n) is 16.1. The van der Waals surface area contributed by atoms with Crippen molar-refractivity contribution >= 4 is 11.0 Å². The second kappa shape index (κ2) is 8.63. The van der Waals surface area contributed by atoms with E-state index in [2.05, 4.69) is 17.6 Å². The summed E-state index contributed by atoms with van der Waals surface area (Å²) in [6.45, 7) is 3.58. The van der Waals surface area contributed by atoms with Crippen LogP contribution in [0.25, 0.3) is 11.0 Å². The Bertz CT molecular complexity index is 937. The van der Waals surface area contributed by atoms with Gasteiger partial charge in [-0.15, -0.1) is 0 Å². The minimum Gasteiger partial charge on any atom is -0.454 e. The SMILES string of the molecule is CCCCc1nc2ccccc2n1C[C@H](O)COCc1ccc2c(c1)OCO2. The van der Waals surface area contributed by atoms with E-state index in [1.165, 1.54) is 0 Å². The Hall–Kier alpha value is -2.57. The summed E-state index contributed by atoms with van der Waals surface area (Å²) in [6.07, 6.45) is 2.51. The standard InChI is InChI=1S/C22H26N2O4/c1-2-3-8-22-23-18-6-4-5-7-19(18)24(22)12-17(25)14-26-13-16-9-10-20-21(11-16)28-15-27-20/h4-7,9-11,17,25H,2-3,8,12-15H2,1H3/t17-/m0/s1. The molecule has 6 heteroatoms. The number of fused-ring (bicyclic) bond motifs is 2. The Kier molecular flexibility index (Phi) is 5.78. The van der Waals surface area contributed by atoms with Gasteiger partial charge < -0.3 is 23.9 Å². The van der Waals surface area contributed by atoms with Gasteiger partial charge in [0.2, 0.25) is 6.79 Å². The first-order valence-electron chi connectivity index (χ1n) is 9.83. The molecule has 148 valence electrons. The topological polar surface area (TPSA) is 65.7 Å². The van der Waals surface area contributed by atoms with Crippen LogP contribution in [0.2, 0.25) is 0 Å². The first-order chi connectivity index (χ1) is 13.7. The lowest BCUT2D eigenvalue weighted by Gasteiger charge is -2.15. The molecule has 3 aromatic rings. The summed E-state index contributed by atoms with van der Waals surface area (Å²) >= 11 is 0. The fraction of sp³-hybridized carbons (Fsp3) is 0.409. The van der Waals surface area contributed by atoms with Gasteiger partial charge in [-0.25, -0.2) is 4.98 Å². The fourth-order valence-electron chi connectivity index (χ4n) is 3.46. The molecule has 0 fully saturated rings. The number of aryl methyl sites for hydroxylation is 1. The first-order valence-corrected chi connectivity index (χ1v) is 9.83. The molecule has 0 radical (unpaired) electrons. The Labute approximate surface area is 164 Å². The van der Waals surface area contributed by atoms with E-state index in [0.717, 1.165) is 53.2 Å². The number of hydrogen-bond donors (Lipinski definition) is 1. The number of hydrogen-bond acceptors (Lipinski definition) is 5. The van der Waals surface area contributed by atoms with Crippen LogP contribution < -0.4 is 9.47 Å². The summed E-state index contributed by atoms with van der Waals surface area (Å²) < 4.78 is 18.6.